The van der Waals surface area contributed by atoms with Crippen molar-refractivity contribution < 1.29 is 9.21 Å². The summed E-state index contributed by atoms with van der Waals surface area (Å²) in [6.45, 7) is 4.62. The van der Waals surface area contributed by atoms with Crippen molar-refractivity contribution in [1.29, 1.82) is 0 Å². The largest absolute Gasteiger partial charge is 0.468 e. The van der Waals surface area contributed by atoms with Gasteiger partial charge in [0.15, 0.2) is 0 Å². The fraction of sp³-hybridized carbons (Fsp3) is 0.333. The van der Waals surface area contributed by atoms with Gasteiger partial charge >= 0.3 is 0 Å². The summed E-state index contributed by atoms with van der Waals surface area (Å²) in [4.78, 5) is 15.0. The Balaban J connectivity index is 1.43. The topological polar surface area (TPSA) is 63.3 Å². The molecule has 0 saturated carbocycles. The van der Waals surface area contributed by atoms with Crippen molar-refractivity contribution in [3.8, 4) is 5.69 Å². The summed E-state index contributed by atoms with van der Waals surface area (Å²) in [6.07, 6.45) is 5.85. The fourth-order valence-electron chi connectivity index (χ4n) is 3.63. The van der Waals surface area contributed by atoms with Crippen molar-refractivity contribution in [1.82, 2.24) is 20.0 Å². The molecule has 0 spiro atoms. The summed E-state index contributed by atoms with van der Waals surface area (Å²) in [5.41, 5.74) is 2.64. The predicted octanol–water partition coefficient (Wildman–Crippen LogP) is 3.34. The molecular formula is C21H24N4O2. The van der Waals surface area contributed by atoms with Gasteiger partial charge in [-0.15, -0.1) is 0 Å². The second-order valence-corrected chi connectivity index (χ2v) is 6.92. The quantitative estimate of drug-likeness (QED) is 0.729. The molecule has 1 aliphatic heterocycles. The predicted molar refractivity (Wildman–Crippen MR) is 103 cm³/mol. The van der Waals surface area contributed by atoms with E-state index in [4.69, 9.17) is 4.42 Å². The maximum atomic E-state index is 12.6. The number of benzene rings is 1. The molecule has 140 valence electrons. The van der Waals surface area contributed by atoms with E-state index in [9.17, 15) is 4.79 Å². The molecule has 1 fully saturated rings. The fourth-order valence-corrected chi connectivity index (χ4v) is 3.63. The Bertz CT molecular complexity index is 877. The van der Waals surface area contributed by atoms with Crippen LogP contribution < -0.4 is 5.32 Å². The van der Waals surface area contributed by atoms with E-state index in [0.29, 0.717) is 12.1 Å². The second-order valence-electron chi connectivity index (χ2n) is 6.92. The molecule has 0 radical (unpaired) electrons. The highest BCUT2D eigenvalue weighted by Crippen LogP contribution is 2.25. The molecule has 1 amide bonds. The van der Waals surface area contributed by atoms with Crippen molar-refractivity contribution in [2.75, 3.05) is 19.6 Å². The van der Waals surface area contributed by atoms with Gasteiger partial charge in [-0.05, 0) is 75.3 Å². The molecule has 6 heteroatoms. The Morgan fingerprint density at radius 1 is 1.19 bits per heavy atom. The average Bonchev–Trinajstić information content (AvgIpc) is 3.45. The van der Waals surface area contributed by atoms with Crippen LogP contribution in [0.2, 0.25) is 0 Å². The first-order chi connectivity index (χ1) is 13.2. The number of amides is 1. The lowest BCUT2D eigenvalue weighted by atomic mass is 10.1. The van der Waals surface area contributed by atoms with Crippen molar-refractivity contribution in [3.63, 3.8) is 0 Å². The third-order valence-corrected chi connectivity index (χ3v) is 5.12. The van der Waals surface area contributed by atoms with Crippen LogP contribution in [0, 0.1) is 6.92 Å². The Labute approximate surface area is 158 Å². The molecule has 0 unspecified atom stereocenters. The zero-order valence-corrected chi connectivity index (χ0v) is 15.5. The van der Waals surface area contributed by atoms with Gasteiger partial charge in [0.1, 0.15) is 5.76 Å². The summed E-state index contributed by atoms with van der Waals surface area (Å²) in [5, 5.41) is 7.36. The zero-order valence-electron chi connectivity index (χ0n) is 15.5. The Hall–Kier alpha value is -2.86. The van der Waals surface area contributed by atoms with Crippen LogP contribution in [0.3, 0.4) is 0 Å². The first-order valence-corrected chi connectivity index (χ1v) is 9.39. The van der Waals surface area contributed by atoms with Crippen molar-refractivity contribution in [2.45, 2.75) is 25.8 Å². The van der Waals surface area contributed by atoms with Crippen LogP contribution in [0.1, 0.15) is 40.7 Å². The highest BCUT2D eigenvalue weighted by atomic mass is 16.3. The monoisotopic (exact) mass is 364 g/mol. The number of rotatable bonds is 6. The molecule has 0 bridgehead atoms. The van der Waals surface area contributed by atoms with Crippen LogP contribution in [0.25, 0.3) is 5.69 Å². The Kier molecular flexibility index (Phi) is 5.07. The SMILES string of the molecule is Cc1ccnn1-c1ccc(C(=O)NC[C@H](c2ccco2)N2CCCC2)cc1. The van der Waals surface area contributed by atoms with E-state index in [1.165, 1.54) is 12.8 Å². The lowest BCUT2D eigenvalue weighted by Gasteiger charge is -2.26. The molecule has 3 aromatic rings. The van der Waals surface area contributed by atoms with Crippen molar-refractivity contribution in [3.05, 3.63) is 71.9 Å². The third-order valence-electron chi connectivity index (χ3n) is 5.12. The number of hydrogen-bond acceptors (Lipinski definition) is 4. The number of nitrogens with one attached hydrogen (secondary N) is 1. The number of furan rings is 1. The van der Waals surface area contributed by atoms with Gasteiger partial charge < -0.3 is 9.73 Å². The lowest BCUT2D eigenvalue weighted by molar-refractivity contribution is 0.0934. The summed E-state index contributed by atoms with van der Waals surface area (Å²) in [5.74, 6) is 0.830. The van der Waals surface area contributed by atoms with E-state index in [0.717, 1.165) is 30.2 Å². The van der Waals surface area contributed by atoms with Crippen LogP contribution in [0.4, 0.5) is 0 Å². The number of carbonyl (C=O) groups is 1. The zero-order chi connectivity index (χ0) is 18.6. The van der Waals surface area contributed by atoms with Crippen molar-refractivity contribution >= 4 is 5.91 Å². The van der Waals surface area contributed by atoms with Gasteiger partial charge in [-0.25, -0.2) is 4.68 Å². The maximum Gasteiger partial charge on any atom is 0.251 e. The normalized spacial score (nSPS) is 15.7. The molecule has 27 heavy (non-hydrogen) atoms. The lowest BCUT2D eigenvalue weighted by Crippen LogP contribution is -2.36. The highest BCUT2D eigenvalue weighted by molar-refractivity contribution is 5.94. The summed E-state index contributed by atoms with van der Waals surface area (Å²) >= 11 is 0. The summed E-state index contributed by atoms with van der Waals surface area (Å²) in [7, 11) is 0. The number of hydrogen-bond donors (Lipinski definition) is 1. The molecule has 0 aliphatic carbocycles. The number of aryl methyl sites for hydroxylation is 1. The molecule has 1 atom stereocenters. The molecule has 1 saturated heterocycles. The molecule has 6 nitrogen and oxygen atoms in total. The average molecular weight is 364 g/mol. The van der Waals surface area contributed by atoms with Gasteiger partial charge in [-0.1, -0.05) is 0 Å². The molecule has 1 N–H and O–H groups in total. The molecule has 3 heterocycles. The van der Waals surface area contributed by atoms with E-state index in [1.54, 1.807) is 12.5 Å². The number of nitrogens with zero attached hydrogens (tertiary/aromatic N) is 3. The Morgan fingerprint density at radius 2 is 1.96 bits per heavy atom. The van der Waals surface area contributed by atoms with Gasteiger partial charge in [-0.3, -0.25) is 9.69 Å². The molecule has 1 aromatic carbocycles. The van der Waals surface area contributed by atoms with Gasteiger partial charge in [0, 0.05) is 24.0 Å². The van der Waals surface area contributed by atoms with Gasteiger partial charge in [0.05, 0.1) is 18.0 Å². The van der Waals surface area contributed by atoms with E-state index in [2.05, 4.69) is 15.3 Å². The van der Waals surface area contributed by atoms with Gasteiger partial charge in [0.2, 0.25) is 0 Å². The van der Waals surface area contributed by atoms with Crippen LogP contribution in [-0.4, -0.2) is 40.2 Å². The molecule has 4 rings (SSSR count). The number of carbonyl (C=O) groups excluding carboxylic acids is 1. The van der Waals surface area contributed by atoms with E-state index in [-0.39, 0.29) is 11.9 Å². The molecule has 1 aliphatic rings. The van der Waals surface area contributed by atoms with Crippen LogP contribution in [-0.2, 0) is 0 Å². The summed E-state index contributed by atoms with van der Waals surface area (Å²) in [6, 6.07) is 13.4. The minimum absolute atomic E-state index is 0.0745. The van der Waals surface area contributed by atoms with E-state index in [1.807, 2.05) is 54.1 Å². The number of likely N-dealkylation sites (tertiary alicyclic amines) is 1. The first kappa shape index (κ1) is 17.5. The van der Waals surface area contributed by atoms with Crippen LogP contribution in [0.5, 0.6) is 0 Å². The Morgan fingerprint density at radius 3 is 2.59 bits per heavy atom. The van der Waals surface area contributed by atoms with Crippen LogP contribution in [0.15, 0.2) is 59.3 Å². The maximum absolute atomic E-state index is 12.6. The number of aromatic nitrogens is 2. The van der Waals surface area contributed by atoms with Gasteiger partial charge in [-0.2, -0.15) is 5.10 Å². The van der Waals surface area contributed by atoms with Crippen molar-refractivity contribution in [2.24, 2.45) is 0 Å². The molecule has 2 aromatic heterocycles. The minimum Gasteiger partial charge on any atom is -0.468 e. The first-order valence-electron chi connectivity index (χ1n) is 9.39. The second kappa shape index (κ2) is 7.80. The standard InChI is InChI=1S/C21H24N4O2/c1-16-10-11-23-25(16)18-8-6-17(7-9-18)21(26)22-15-19(20-5-4-14-27-20)24-12-2-3-13-24/h4-11,14,19H,2-3,12-13,15H2,1H3,(H,22,26)/t19-/m1/s1. The summed E-state index contributed by atoms with van der Waals surface area (Å²) < 4.78 is 7.46. The smallest absolute Gasteiger partial charge is 0.251 e. The van der Waals surface area contributed by atoms with Crippen LogP contribution >= 0.6 is 0 Å². The highest BCUT2D eigenvalue weighted by Gasteiger charge is 2.26. The third kappa shape index (κ3) is 3.80. The molecular weight excluding hydrogens is 340 g/mol. The minimum atomic E-state index is -0.0745. The van der Waals surface area contributed by atoms with E-state index < -0.39 is 0 Å². The van der Waals surface area contributed by atoms with Gasteiger partial charge in [0.25, 0.3) is 5.91 Å². The van der Waals surface area contributed by atoms with E-state index >= 15 is 0 Å².